The molecule has 98 valence electrons. The molecule has 0 amide bonds. The summed E-state index contributed by atoms with van der Waals surface area (Å²) in [5, 5.41) is 8.97. The van der Waals surface area contributed by atoms with Crippen LogP contribution >= 0.6 is 0 Å². The smallest absolute Gasteiger partial charge is 0.342 e. The Hall–Kier alpha value is -2.57. The summed E-state index contributed by atoms with van der Waals surface area (Å²) in [5.41, 5.74) is 0.702. The number of aromatic amines is 2. The van der Waals surface area contributed by atoms with Crippen molar-refractivity contribution in [3.05, 3.63) is 44.6 Å². The summed E-state index contributed by atoms with van der Waals surface area (Å²) < 4.78 is 5.48. The van der Waals surface area contributed by atoms with E-state index in [1.165, 1.54) is 0 Å². The van der Waals surface area contributed by atoms with E-state index in [0.29, 0.717) is 5.75 Å². The predicted octanol–water partition coefficient (Wildman–Crippen LogP) is 0.609. The molecule has 7 heteroatoms. The number of ether oxygens (including phenoxy) is 1. The molecular formula is C12H12N4O3. The number of benzene rings is 1. The maximum Gasteiger partial charge on any atom is 0.342 e. The van der Waals surface area contributed by atoms with Crippen LogP contribution in [0.4, 0.5) is 5.69 Å². The van der Waals surface area contributed by atoms with Gasteiger partial charge in [0.05, 0.1) is 5.69 Å². The Morgan fingerprint density at radius 3 is 3.00 bits per heavy atom. The minimum atomic E-state index is -0.662. The number of aromatic nitrogens is 3. The number of anilines is 1. The average Bonchev–Trinajstić information content (AvgIpc) is 2.42. The first-order chi connectivity index (χ1) is 9.24. The van der Waals surface area contributed by atoms with Gasteiger partial charge in [0.2, 0.25) is 0 Å². The van der Waals surface area contributed by atoms with Gasteiger partial charge in [-0.1, -0.05) is 12.1 Å². The second-order valence-electron chi connectivity index (χ2n) is 4.23. The molecule has 2 aromatic rings. The third-order valence-corrected chi connectivity index (χ3v) is 2.92. The van der Waals surface area contributed by atoms with E-state index in [9.17, 15) is 9.59 Å². The van der Waals surface area contributed by atoms with Gasteiger partial charge in [-0.2, -0.15) is 0 Å². The lowest BCUT2D eigenvalue weighted by atomic mass is 10.0. The van der Waals surface area contributed by atoms with Gasteiger partial charge in [-0.15, -0.1) is 5.10 Å². The molecule has 1 aliphatic heterocycles. The van der Waals surface area contributed by atoms with E-state index in [1.54, 1.807) is 6.07 Å². The normalized spacial score (nSPS) is 13.5. The molecule has 0 atom stereocenters. The molecule has 0 fully saturated rings. The molecule has 19 heavy (non-hydrogen) atoms. The third kappa shape index (κ3) is 2.22. The molecule has 3 N–H and O–H groups in total. The number of fused-ring (bicyclic) bond motifs is 1. The topological polar surface area (TPSA) is 99.9 Å². The lowest BCUT2D eigenvalue weighted by molar-refractivity contribution is 0.443. The van der Waals surface area contributed by atoms with Gasteiger partial charge in [0.1, 0.15) is 0 Å². The number of hydrogen-bond donors (Lipinski definition) is 3. The van der Waals surface area contributed by atoms with Crippen LogP contribution in [0.5, 0.6) is 11.6 Å². The molecule has 3 rings (SSSR count). The van der Waals surface area contributed by atoms with Gasteiger partial charge < -0.3 is 10.1 Å². The Labute approximate surface area is 107 Å². The molecule has 0 bridgehead atoms. The molecule has 0 aliphatic carbocycles. The summed E-state index contributed by atoms with van der Waals surface area (Å²) in [7, 11) is 0. The fraction of sp³-hybridized carbons (Fsp3) is 0.250. The zero-order valence-corrected chi connectivity index (χ0v) is 10.0. The Balaban J connectivity index is 1.99. The first kappa shape index (κ1) is 11.5. The lowest BCUT2D eigenvalue weighted by Crippen LogP contribution is -2.24. The van der Waals surface area contributed by atoms with E-state index in [2.05, 4.69) is 20.5 Å². The van der Waals surface area contributed by atoms with E-state index in [4.69, 9.17) is 4.74 Å². The maximum atomic E-state index is 11.5. The van der Waals surface area contributed by atoms with Crippen molar-refractivity contribution in [2.75, 3.05) is 11.9 Å². The number of para-hydroxylation sites is 1. The monoisotopic (exact) mass is 260 g/mol. The molecule has 0 saturated heterocycles. The zero-order chi connectivity index (χ0) is 13.2. The second-order valence-corrected chi connectivity index (χ2v) is 4.23. The van der Waals surface area contributed by atoms with Crippen LogP contribution in [0.15, 0.2) is 27.8 Å². The van der Waals surface area contributed by atoms with Gasteiger partial charge in [0.15, 0.2) is 5.75 Å². The average molecular weight is 260 g/mol. The molecule has 0 spiro atoms. The molecule has 0 saturated carbocycles. The van der Waals surface area contributed by atoms with Crippen molar-refractivity contribution in [2.24, 2.45) is 0 Å². The van der Waals surface area contributed by atoms with Crippen molar-refractivity contribution in [3.63, 3.8) is 0 Å². The SMILES string of the molecule is O=c1[nH]nc(Oc2cccc3c2NCCC3)c(=O)[nH]1. The highest BCUT2D eigenvalue weighted by molar-refractivity contribution is 5.63. The largest absolute Gasteiger partial charge is 0.431 e. The van der Waals surface area contributed by atoms with Gasteiger partial charge in [-0.05, 0) is 24.5 Å². The number of rotatable bonds is 2. The van der Waals surface area contributed by atoms with Crippen molar-refractivity contribution >= 4 is 5.69 Å². The number of nitrogens with zero attached hydrogens (tertiary/aromatic N) is 1. The fourth-order valence-electron chi connectivity index (χ4n) is 2.07. The van der Waals surface area contributed by atoms with Crippen LogP contribution in [0.2, 0.25) is 0 Å². The van der Waals surface area contributed by atoms with Crippen molar-refractivity contribution < 1.29 is 4.74 Å². The van der Waals surface area contributed by atoms with Crippen LogP contribution in [0, 0.1) is 0 Å². The summed E-state index contributed by atoms with van der Waals surface area (Å²) in [6, 6.07) is 5.63. The van der Waals surface area contributed by atoms with Crippen molar-refractivity contribution in [2.45, 2.75) is 12.8 Å². The standard InChI is InChI=1S/C12H12N4O3/c17-10-11(15-16-12(18)14-10)19-8-5-1-3-7-4-2-6-13-9(7)8/h1,3,5,13H,2,4,6H2,(H2,14,16,17,18). The summed E-state index contributed by atoms with van der Waals surface area (Å²) in [6.45, 7) is 0.864. The summed E-state index contributed by atoms with van der Waals surface area (Å²) in [6.07, 6.45) is 2.03. The van der Waals surface area contributed by atoms with Gasteiger partial charge in [0.25, 0.3) is 0 Å². The van der Waals surface area contributed by atoms with E-state index in [-0.39, 0.29) is 5.88 Å². The summed E-state index contributed by atoms with van der Waals surface area (Å²) in [5.74, 6) is 0.350. The summed E-state index contributed by atoms with van der Waals surface area (Å²) in [4.78, 5) is 24.5. The van der Waals surface area contributed by atoms with Crippen LogP contribution < -0.4 is 21.3 Å². The molecule has 7 nitrogen and oxygen atoms in total. The molecule has 0 radical (unpaired) electrons. The molecule has 2 heterocycles. The van der Waals surface area contributed by atoms with Gasteiger partial charge in [-0.25, -0.2) is 9.89 Å². The first-order valence-electron chi connectivity index (χ1n) is 5.96. The number of H-pyrrole nitrogens is 2. The highest BCUT2D eigenvalue weighted by Crippen LogP contribution is 2.33. The Morgan fingerprint density at radius 2 is 2.16 bits per heavy atom. The van der Waals surface area contributed by atoms with Gasteiger partial charge in [0, 0.05) is 6.54 Å². The van der Waals surface area contributed by atoms with E-state index < -0.39 is 11.2 Å². The zero-order valence-electron chi connectivity index (χ0n) is 10.0. The highest BCUT2D eigenvalue weighted by atomic mass is 16.5. The van der Waals surface area contributed by atoms with Crippen LogP contribution in [0.3, 0.4) is 0 Å². The molecular weight excluding hydrogens is 248 g/mol. The Kier molecular flexibility index (Phi) is 2.79. The number of hydrogen-bond acceptors (Lipinski definition) is 5. The van der Waals surface area contributed by atoms with Gasteiger partial charge in [-0.3, -0.25) is 9.78 Å². The Bertz CT molecular complexity index is 719. The van der Waals surface area contributed by atoms with E-state index in [1.807, 2.05) is 12.1 Å². The maximum absolute atomic E-state index is 11.5. The quantitative estimate of drug-likeness (QED) is 0.734. The predicted molar refractivity (Wildman–Crippen MR) is 68.8 cm³/mol. The number of nitrogens with one attached hydrogen (secondary N) is 3. The van der Waals surface area contributed by atoms with E-state index in [0.717, 1.165) is 30.6 Å². The highest BCUT2D eigenvalue weighted by Gasteiger charge is 2.15. The van der Waals surface area contributed by atoms with Crippen LogP contribution in [0.25, 0.3) is 0 Å². The van der Waals surface area contributed by atoms with Crippen LogP contribution in [-0.4, -0.2) is 21.7 Å². The lowest BCUT2D eigenvalue weighted by Gasteiger charge is -2.20. The van der Waals surface area contributed by atoms with Crippen molar-refractivity contribution in [1.29, 1.82) is 0 Å². The molecule has 1 aromatic heterocycles. The molecule has 1 aromatic carbocycles. The minimum Gasteiger partial charge on any atom is -0.431 e. The van der Waals surface area contributed by atoms with Crippen LogP contribution in [-0.2, 0) is 6.42 Å². The first-order valence-corrected chi connectivity index (χ1v) is 5.96. The van der Waals surface area contributed by atoms with Gasteiger partial charge >= 0.3 is 17.1 Å². The molecule has 0 unspecified atom stereocenters. The fourth-order valence-corrected chi connectivity index (χ4v) is 2.07. The van der Waals surface area contributed by atoms with Crippen molar-refractivity contribution in [3.8, 4) is 11.6 Å². The Morgan fingerprint density at radius 1 is 1.26 bits per heavy atom. The molecule has 1 aliphatic rings. The minimum absolute atomic E-state index is 0.180. The van der Waals surface area contributed by atoms with Crippen molar-refractivity contribution in [1.82, 2.24) is 15.2 Å². The third-order valence-electron chi connectivity index (χ3n) is 2.92. The van der Waals surface area contributed by atoms with Crippen LogP contribution in [0.1, 0.15) is 12.0 Å². The van der Waals surface area contributed by atoms with E-state index >= 15 is 0 Å². The second kappa shape index (κ2) is 4.60. The summed E-state index contributed by atoms with van der Waals surface area (Å²) >= 11 is 0. The number of aryl methyl sites for hydroxylation is 1.